The van der Waals surface area contributed by atoms with Crippen LogP contribution in [-0.2, 0) is 17.9 Å². The molecule has 0 bridgehead atoms. The van der Waals surface area contributed by atoms with Crippen molar-refractivity contribution < 1.29 is 9.53 Å². The summed E-state index contributed by atoms with van der Waals surface area (Å²) in [6, 6.07) is 5.18. The number of esters is 1. The van der Waals surface area contributed by atoms with Crippen LogP contribution in [0.5, 0.6) is 0 Å². The van der Waals surface area contributed by atoms with Gasteiger partial charge in [-0.2, -0.15) is 5.10 Å². The van der Waals surface area contributed by atoms with Gasteiger partial charge in [0.25, 0.3) is 0 Å². The maximum absolute atomic E-state index is 12.1. The molecule has 0 saturated heterocycles. The molecule has 2 aromatic rings. The topological polar surface area (TPSA) is 83.0 Å². The fraction of sp³-hybridized carbons (Fsp3) is 0.400. The van der Waals surface area contributed by atoms with Crippen LogP contribution in [0.15, 0.2) is 24.5 Å². The number of nitrogens with two attached hydrogens (primary N) is 1. The van der Waals surface area contributed by atoms with Gasteiger partial charge >= 0.3 is 5.97 Å². The number of benzene rings is 1. The molecular weight excluding hydrogens is 268 g/mol. The molecule has 0 aliphatic heterocycles. The van der Waals surface area contributed by atoms with E-state index in [2.05, 4.69) is 23.9 Å². The summed E-state index contributed by atoms with van der Waals surface area (Å²) in [5, 5.41) is 4.13. The maximum Gasteiger partial charge on any atom is 0.338 e. The molecule has 0 radical (unpaired) electrons. The lowest BCUT2D eigenvalue weighted by atomic mass is 10.1. The molecule has 1 aromatic carbocycles. The molecule has 0 spiro atoms. The molecule has 6 heteroatoms. The summed E-state index contributed by atoms with van der Waals surface area (Å²) in [5.74, 6) is 0.676. The third-order valence-corrected chi connectivity index (χ3v) is 3.05. The van der Waals surface area contributed by atoms with Crippen LogP contribution >= 0.6 is 0 Å². The van der Waals surface area contributed by atoms with Crippen molar-refractivity contribution in [3.05, 3.63) is 41.5 Å². The number of aromatic nitrogens is 3. The molecule has 0 saturated carbocycles. The van der Waals surface area contributed by atoms with Crippen LogP contribution in [0, 0.1) is 12.8 Å². The van der Waals surface area contributed by atoms with E-state index in [1.807, 2.05) is 6.92 Å². The third-order valence-electron chi connectivity index (χ3n) is 3.05. The summed E-state index contributed by atoms with van der Waals surface area (Å²) in [4.78, 5) is 16.2. The number of nitrogen functional groups attached to an aromatic ring is 1. The smallest absolute Gasteiger partial charge is 0.338 e. The van der Waals surface area contributed by atoms with Gasteiger partial charge in [0, 0.05) is 12.2 Å². The Hall–Kier alpha value is -2.37. The van der Waals surface area contributed by atoms with Crippen LogP contribution in [0.3, 0.4) is 0 Å². The van der Waals surface area contributed by atoms with Crippen molar-refractivity contribution in [2.45, 2.75) is 33.9 Å². The van der Waals surface area contributed by atoms with Crippen molar-refractivity contribution >= 4 is 11.7 Å². The normalized spacial score (nSPS) is 10.9. The molecule has 2 N–H and O–H groups in total. The Labute approximate surface area is 123 Å². The fourth-order valence-electron chi connectivity index (χ4n) is 1.97. The first-order chi connectivity index (χ1) is 9.97. The molecule has 0 amide bonds. The van der Waals surface area contributed by atoms with E-state index in [0.717, 1.165) is 12.1 Å². The first-order valence-electron chi connectivity index (χ1n) is 6.87. The lowest BCUT2D eigenvalue weighted by Crippen LogP contribution is -2.14. The van der Waals surface area contributed by atoms with Gasteiger partial charge in [0.2, 0.25) is 0 Å². The van der Waals surface area contributed by atoms with E-state index in [1.165, 1.54) is 6.33 Å². The second-order valence-electron chi connectivity index (χ2n) is 5.40. The van der Waals surface area contributed by atoms with Crippen molar-refractivity contribution in [3.8, 4) is 0 Å². The van der Waals surface area contributed by atoms with Gasteiger partial charge in [0.15, 0.2) is 12.4 Å². The number of anilines is 1. The quantitative estimate of drug-likeness (QED) is 0.673. The summed E-state index contributed by atoms with van der Waals surface area (Å²) in [6.45, 7) is 6.86. The molecular formula is C15H20N4O2. The molecule has 0 unspecified atom stereocenters. The average molecular weight is 288 g/mol. The van der Waals surface area contributed by atoms with Crippen molar-refractivity contribution in [2.24, 2.45) is 5.92 Å². The minimum absolute atomic E-state index is 0.0970. The van der Waals surface area contributed by atoms with Crippen LogP contribution in [0.4, 0.5) is 5.69 Å². The number of hydrogen-bond donors (Lipinski definition) is 1. The van der Waals surface area contributed by atoms with Crippen LogP contribution in [0.2, 0.25) is 0 Å². The molecule has 1 heterocycles. The first-order valence-corrected chi connectivity index (χ1v) is 6.87. The molecule has 0 aliphatic rings. The van der Waals surface area contributed by atoms with E-state index in [-0.39, 0.29) is 6.61 Å². The van der Waals surface area contributed by atoms with Crippen molar-refractivity contribution in [2.75, 3.05) is 5.73 Å². The van der Waals surface area contributed by atoms with Crippen LogP contribution in [-0.4, -0.2) is 20.7 Å². The van der Waals surface area contributed by atoms with Gasteiger partial charge < -0.3 is 10.5 Å². The third kappa shape index (κ3) is 3.81. The summed E-state index contributed by atoms with van der Waals surface area (Å²) in [7, 11) is 0. The zero-order valence-corrected chi connectivity index (χ0v) is 12.5. The number of carbonyl (C=O) groups excluding carboxylic acids is 1. The van der Waals surface area contributed by atoms with Gasteiger partial charge in [-0.1, -0.05) is 19.9 Å². The molecule has 2 rings (SSSR count). The summed E-state index contributed by atoms with van der Waals surface area (Å²) < 4.78 is 7.07. The summed E-state index contributed by atoms with van der Waals surface area (Å²) in [5.41, 5.74) is 7.55. The second kappa shape index (κ2) is 6.39. The highest BCUT2D eigenvalue weighted by Crippen LogP contribution is 2.14. The highest BCUT2D eigenvalue weighted by atomic mass is 16.5. The van der Waals surface area contributed by atoms with E-state index in [0.29, 0.717) is 23.0 Å². The van der Waals surface area contributed by atoms with E-state index in [9.17, 15) is 4.79 Å². The van der Waals surface area contributed by atoms with E-state index in [4.69, 9.17) is 10.5 Å². The highest BCUT2D eigenvalue weighted by Gasteiger charge is 2.13. The summed E-state index contributed by atoms with van der Waals surface area (Å²) in [6.07, 6.45) is 1.47. The second-order valence-corrected chi connectivity index (χ2v) is 5.40. The minimum atomic E-state index is -0.404. The van der Waals surface area contributed by atoms with E-state index < -0.39 is 5.97 Å². The van der Waals surface area contributed by atoms with Gasteiger partial charge in [-0.3, -0.25) is 0 Å². The predicted molar refractivity (Wildman–Crippen MR) is 79.6 cm³/mol. The SMILES string of the molecule is Cc1ccc(N)cc1C(=O)OCc1ncnn1CC(C)C. The molecule has 0 aliphatic carbocycles. The van der Waals surface area contributed by atoms with Crippen LogP contribution in [0.25, 0.3) is 0 Å². The van der Waals surface area contributed by atoms with Gasteiger partial charge in [-0.15, -0.1) is 0 Å². The largest absolute Gasteiger partial charge is 0.454 e. The minimum Gasteiger partial charge on any atom is -0.454 e. The van der Waals surface area contributed by atoms with Gasteiger partial charge in [-0.25, -0.2) is 14.5 Å². The number of nitrogens with zero attached hydrogens (tertiary/aromatic N) is 3. The molecule has 0 atom stereocenters. The Kier molecular flexibility index (Phi) is 4.57. The lowest BCUT2D eigenvalue weighted by Gasteiger charge is -2.10. The highest BCUT2D eigenvalue weighted by molar-refractivity contribution is 5.92. The fourth-order valence-corrected chi connectivity index (χ4v) is 1.97. The number of hydrogen-bond acceptors (Lipinski definition) is 5. The Bertz CT molecular complexity index is 634. The standard InChI is InChI=1S/C15H20N4O2/c1-10(2)7-19-14(17-9-18-19)8-21-15(20)13-6-12(16)5-4-11(13)3/h4-6,9-10H,7-8,16H2,1-3H3. The molecule has 6 nitrogen and oxygen atoms in total. The van der Waals surface area contributed by atoms with Crippen LogP contribution in [0.1, 0.15) is 35.6 Å². The zero-order valence-electron chi connectivity index (χ0n) is 12.5. The maximum atomic E-state index is 12.1. The Morgan fingerprint density at radius 1 is 1.43 bits per heavy atom. The monoisotopic (exact) mass is 288 g/mol. The van der Waals surface area contributed by atoms with Gasteiger partial charge in [-0.05, 0) is 30.5 Å². The van der Waals surface area contributed by atoms with E-state index in [1.54, 1.807) is 22.9 Å². The Balaban J connectivity index is 2.04. The average Bonchev–Trinajstić information content (AvgIpc) is 2.85. The number of aryl methyl sites for hydroxylation is 1. The summed E-state index contributed by atoms with van der Waals surface area (Å²) >= 11 is 0. The predicted octanol–water partition coefficient (Wildman–Crippen LogP) is 2.18. The number of carbonyl (C=O) groups is 1. The Morgan fingerprint density at radius 2 is 2.19 bits per heavy atom. The van der Waals surface area contributed by atoms with Gasteiger partial charge in [0.1, 0.15) is 6.33 Å². The van der Waals surface area contributed by atoms with Crippen molar-refractivity contribution in [3.63, 3.8) is 0 Å². The van der Waals surface area contributed by atoms with E-state index >= 15 is 0 Å². The zero-order chi connectivity index (χ0) is 15.4. The number of rotatable bonds is 5. The molecule has 1 aromatic heterocycles. The van der Waals surface area contributed by atoms with Crippen molar-refractivity contribution in [1.82, 2.24) is 14.8 Å². The lowest BCUT2D eigenvalue weighted by molar-refractivity contribution is 0.0455. The first kappa shape index (κ1) is 15.0. The molecule has 112 valence electrons. The molecule has 0 fully saturated rings. The Morgan fingerprint density at radius 3 is 2.90 bits per heavy atom. The van der Waals surface area contributed by atoms with Crippen LogP contribution < -0.4 is 5.73 Å². The number of ether oxygens (including phenoxy) is 1. The van der Waals surface area contributed by atoms with Crippen molar-refractivity contribution in [1.29, 1.82) is 0 Å². The van der Waals surface area contributed by atoms with Gasteiger partial charge in [0.05, 0.1) is 5.56 Å². The molecule has 21 heavy (non-hydrogen) atoms.